The second kappa shape index (κ2) is 5.83. The van der Waals surface area contributed by atoms with E-state index in [4.69, 9.17) is 21.1 Å². The number of hydrogen-bond donors (Lipinski definition) is 0. The van der Waals surface area contributed by atoms with Crippen LogP contribution >= 0.6 is 11.6 Å². The minimum absolute atomic E-state index is 0.410. The lowest BCUT2D eigenvalue weighted by Crippen LogP contribution is -2.02. The molecule has 0 bridgehead atoms. The third-order valence-corrected chi connectivity index (χ3v) is 1.98. The molecule has 0 fully saturated rings. The van der Waals surface area contributed by atoms with Crippen LogP contribution in [-0.2, 0) is 4.74 Å². The number of nitrogens with zero attached hydrogens (tertiary/aromatic N) is 1. The van der Waals surface area contributed by atoms with Gasteiger partial charge in [0.25, 0.3) is 0 Å². The van der Waals surface area contributed by atoms with Crippen molar-refractivity contribution in [1.82, 2.24) is 4.98 Å². The molecule has 0 spiro atoms. The van der Waals surface area contributed by atoms with Crippen LogP contribution in [0, 0.1) is 6.92 Å². The highest BCUT2D eigenvalue weighted by atomic mass is 35.5. The molecular weight excluding hydrogens is 202 g/mol. The van der Waals surface area contributed by atoms with Gasteiger partial charge in [0, 0.05) is 26.3 Å². The molecule has 0 aromatic carbocycles. The summed E-state index contributed by atoms with van der Waals surface area (Å²) in [6.45, 7) is 3.24. The summed E-state index contributed by atoms with van der Waals surface area (Å²) < 4.78 is 10.4. The minimum Gasteiger partial charge on any atom is -0.490 e. The highest BCUT2D eigenvalue weighted by Crippen LogP contribution is 2.22. The fourth-order valence-electron chi connectivity index (χ4n) is 1.01. The van der Waals surface area contributed by atoms with E-state index in [0.717, 1.165) is 12.0 Å². The summed E-state index contributed by atoms with van der Waals surface area (Å²) in [5.74, 6) is 0.641. The maximum absolute atomic E-state index is 5.84. The molecule has 0 unspecified atom stereocenters. The Kier molecular flexibility index (Phi) is 4.70. The molecule has 0 amide bonds. The zero-order valence-electron chi connectivity index (χ0n) is 8.42. The van der Waals surface area contributed by atoms with Gasteiger partial charge in [-0.1, -0.05) is 11.6 Å². The van der Waals surface area contributed by atoms with Crippen LogP contribution in [0.25, 0.3) is 0 Å². The maximum Gasteiger partial charge on any atom is 0.171 e. The van der Waals surface area contributed by atoms with E-state index < -0.39 is 0 Å². The van der Waals surface area contributed by atoms with Crippen molar-refractivity contribution >= 4 is 11.6 Å². The monoisotopic (exact) mass is 215 g/mol. The largest absolute Gasteiger partial charge is 0.490 e. The number of hydrogen-bond acceptors (Lipinski definition) is 3. The van der Waals surface area contributed by atoms with Crippen LogP contribution < -0.4 is 4.74 Å². The summed E-state index contributed by atoms with van der Waals surface area (Å²) in [4.78, 5) is 3.99. The molecule has 14 heavy (non-hydrogen) atoms. The summed E-state index contributed by atoms with van der Waals surface area (Å²) >= 11 is 5.84. The Balaban J connectivity index is 2.45. The Labute approximate surface area is 89.0 Å². The summed E-state index contributed by atoms with van der Waals surface area (Å²) in [6, 6.07) is 1.88. The van der Waals surface area contributed by atoms with E-state index in [0.29, 0.717) is 24.1 Å². The second-order valence-electron chi connectivity index (χ2n) is 3.00. The summed E-state index contributed by atoms with van der Waals surface area (Å²) in [6.07, 6.45) is 2.56. The van der Waals surface area contributed by atoms with Gasteiger partial charge in [-0.2, -0.15) is 0 Å². The van der Waals surface area contributed by atoms with Crippen molar-refractivity contribution in [3.8, 4) is 5.75 Å². The van der Waals surface area contributed by atoms with Gasteiger partial charge in [0.15, 0.2) is 10.9 Å². The van der Waals surface area contributed by atoms with Crippen LogP contribution in [0.1, 0.15) is 12.0 Å². The zero-order valence-corrected chi connectivity index (χ0v) is 9.17. The second-order valence-corrected chi connectivity index (χ2v) is 3.35. The average molecular weight is 216 g/mol. The van der Waals surface area contributed by atoms with Gasteiger partial charge in [-0.3, -0.25) is 0 Å². The van der Waals surface area contributed by atoms with Gasteiger partial charge in [-0.05, 0) is 18.6 Å². The standard InChI is InChI=1S/C10H14ClNO2/c1-8-6-9(10(11)12-7-8)14-5-3-4-13-2/h6-7H,3-5H2,1-2H3. The van der Waals surface area contributed by atoms with Crippen LogP contribution in [0.5, 0.6) is 5.75 Å². The zero-order chi connectivity index (χ0) is 10.4. The predicted molar refractivity (Wildman–Crippen MR) is 56.0 cm³/mol. The summed E-state index contributed by atoms with van der Waals surface area (Å²) in [7, 11) is 1.67. The highest BCUT2D eigenvalue weighted by molar-refractivity contribution is 6.30. The predicted octanol–water partition coefficient (Wildman–Crippen LogP) is 2.46. The normalized spacial score (nSPS) is 10.2. The number of aromatic nitrogens is 1. The number of ether oxygens (including phenoxy) is 2. The van der Waals surface area contributed by atoms with Crippen molar-refractivity contribution in [2.75, 3.05) is 20.3 Å². The first-order chi connectivity index (χ1) is 6.74. The van der Waals surface area contributed by atoms with E-state index in [1.807, 2.05) is 13.0 Å². The Morgan fingerprint density at radius 1 is 1.43 bits per heavy atom. The number of methoxy groups -OCH3 is 1. The van der Waals surface area contributed by atoms with Crippen molar-refractivity contribution in [3.63, 3.8) is 0 Å². The van der Waals surface area contributed by atoms with E-state index in [9.17, 15) is 0 Å². The third kappa shape index (κ3) is 3.52. The van der Waals surface area contributed by atoms with Gasteiger partial charge in [0.1, 0.15) is 0 Å². The third-order valence-electron chi connectivity index (χ3n) is 1.69. The Morgan fingerprint density at radius 3 is 2.93 bits per heavy atom. The van der Waals surface area contributed by atoms with Crippen LogP contribution in [0.3, 0.4) is 0 Å². The van der Waals surface area contributed by atoms with Gasteiger partial charge in [-0.15, -0.1) is 0 Å². The molecule has 0 aliphatic heterocycles. The molecule has 0 aliphatic carbocycles. The molecule has 3 nitrogen and oxygen atoms in total. The average Bonchev–Trinajstić information content (AvgIpc) is 2.18. The molecule has 0 aliphatic rings. The Hall–Kier alpha value is -0.800. The quantitative estimate of drug-likeness (QED) is 0.559. The number of halogens is 1. The van der Waals surface area contributed by atoms with Crippen molar-refractivity contribution in [1.29, 1.82) is 0 Å². The van der Waals surface area contributed by atoms with Crippen LogP contribution in [0.4, 0.5) is 0 Å². The van der Waals surface area contributed by atoms with Gasteiger partial charge >= 0.3 is 0 Å². The molecule has 0 radical (unpaired) electrons. The summed E-state index contributed by atoms with van der Waals surface area (Å²) in [5.41, 5.74) is 1.04. The molecular formula is C10H14ClNO2. The van der Waals surface area contributed by atoms with Crippen LogP contribution in [-0.4, -0.2) is 25.3 Å². The van der Waals surface area contributed by atoms with E-state index in [1.54, 1.807) is 13.3 Å². The first-order valence-corrected chi connectivity index (χ1v) is 4.85. The molecule has 0 atom stereocenters. The van der Waals surface area contributed by atoms with Crippen LogP contribution in [0.2, 0.25) is 5.15 Å². The lowest BCUT2D eigenvalue weighted by Gasteiger charge is -2.07. The molecule has 0 N–H and O–H groups in total. The Bertz CT molecular complexity index is 291. The van der Waals surface area contributed by atoms with Crippen molar-refractivity contribution in [3.05, 3.63) is 23.0 Å². The van der Waals surface area contributed by atoms with E-state index in [1.165, 1.54) is 0 Å². The van der Waals surface area contributed by atoms with Crippen molar-refractivity contribution in [2.24, 2.45) is 0 Å². The topological polar surface area (TPSA) is 31.4 Å². The molecule has 0 saturated carbocycles. The lowest BCUT2D eigenvalue weighted by molar-refractivity contribution is 0.172. The number of rotatable bonds is 5. The minimum atomic E-state index is 0.410. The fourth-order valence-corrected chi connectivity index (χ4v) is 1.17. The maximum atomic E-state index is 5.84. The van der Waals surface area contributed by atoms with E-state index >= 15 is 0 Å². The number of aryl methyl sites for hydroxylation is 1. The molecule has 4 heteroatoms. The van der Waals surface area contributed by atoms with E-state index in [-0.39, 0.29) is 0 Å². The van der Waals surface area contributed by atoms with E-state index in [2.05, 4.69) is 4.98 Å². The SMILES string of the molecule is COCCCOc1cc(C)cnc1Cl. The van der Waals surface area contributed by atoms with Gasteiger partial charge < -0.3 is 9.47 Å². The summed E-state index contributed by atoms with van der Waals surface area (Å²) in [5, 5.41) is 0.410. The molecule has 1 aromatic heterocycles. The van der Waals surface area contributed by atoms with Crippen molar-refractivity contribution < 1.29 is 9.47 Å². The lowest BCUT2D eigenvalue weighted by atomic mass is 10.3. The Morgan fingerprint density at radius 2 is 2.21 bits per heavy atom. The molecule has 1 rings (SSSR count). The fraction of sp³-hybridized carbons (Fsp3) is 0.500. The molecule has 78 valence electrons. The molecule has 1 heterocycles. The van der Waals surface area contributed by atoms with Crippen LogP contribution in [0.15, 0.2) is 12.3 Å². The number of pyridine rings is 1. The first-order valence-electron chi connectivity index (χ1n) is 4.48. The van der Waals surface area contributed by atoms with Gasteiger partial charge in [0.05, 0.1) is 6.61 Å². The molecule has 0 saturated heterocycles. The van der Waals surface area contributed by atoms with Crippen molar-refractivity contribution in [2.45, 2.75) is 13.3 Å². The van der Waals surface area contributed by atoms with Gasteiger partial charge in [-0.25, -0.2) is 4.98 Å². The first kappa shape index (κ1) is 11.3. The molecule has 1 aromatic rings. The smallest absolute Gasteiger partial charge is 0.171 e. The highest BCUT2D eigenvalue weighted by Gasteiger charge is 2.02. The van der Waals surface area contributed by atoms with Gasteiger partial charge in [0.2, 0.25) is 0 Å².